The highest BCUT2D eigenvalue weighted by atomic mass is 16.3. The van der Waals surface area contributed by atoms with E-state index in [9.17, 15) is 0 Å². The third-order valence-corrected chi connectivity index (χ3v) is 4.19. The van der Waals surface area contributed by atoms with Gasteiger partial charge in [0.2, 0.25) is 0 Å². The molecule has 4 N–H and O–H groups in total. The molecular formula is C15H32O4. The molecule has 1 rings (SSSR count). The summed E-state index contributed by atoms with van der Waals surface area (Å²) in [6, 6.07) is 0. The van der Waals surface area contributed by atoms with E-state index in [0.717, 1.165) is 32.1 Å². The van der Waals surface area contributed by atoms with Crippen LogP contribution in [0.3, 0.4) is 0 Å². The van der Waals surface area contributed by atoms with Gasteiger partial charge in [0.1, 0.15) is 0 Å². The highest BCUT2D eigenvalue weighted by molar-refractivity contribution is 4.71. The maximum atomic E-state index is 9.02. The van der Waals surface area contributed by atoms with Crippen molar-refractivity contribution in [1.29, 1.82) is 0 Å². The van der Waals surface area contributed by atoms with Gasteiger partial charge >= 0.3 is 0 Å². The highest BCUT2D eigenvalue weighted by Crippen LogP contribution is 2.27. The third-order valence-electron chi connectivity index (χ3n) is 4.19. The van der Waals surface area contributed by atoms with Gasteiger partial charge in [-0.15, -0.1) is 0 Å². The van der Waals surface area contributed by atoms with Crippen LogP contribution in [0.5, 0.6) is 0 Å². The smallest absolute Gasteiger partial charge is 0.0564 e. The van der Waals surface area contributed by atoms with Crippen LogP contribution in [-0.2, 0) is 0 Å². The molecule has 1 fully saturated rings. The van der Waals surface area contributed by atoms with Crippen molar-refractivity contribution in [2.75, 3.05) is 13.2 Å². The van der Waals surface area contributed by atoms with Gasteiger partial charge in [-0.2, -0.15) is 0 Å². The maximum Gasteiger partial charge on any atom is 0.0564 e. The van der Waals surface area contributed by atoms with Crippen LogP contribution in [0.4, 0.5) is 0 Å². The molecule has 1 aliphatic rings. The van der Waals surface area contributed by atoms with Gasteiger partial charge in [0.25, 0.3) is 0 Å². The molecule has 2 unspecified atom stereocenters. The van der Waals surface area contributed by atoms with Crippen LogP contribution in [0.2, 0.25) is 0 Å². The van der Waals surface area contributed by atoms with E-state index < -0.39 is 12.2 Å². The Bertz CT molecular complexity index is 178. The quantitative estimate of drug-likeness (QED) is 0.614. The molecule has 116 valence electrons. The number of aliphatic hydroxyl groups excluding tert-OH is 4. The number of hydrogen-bond donors (Lipinski definition) is 4. The Morgan fingerprint density at radius 1 is 0.842 bits per heavy atom. The molecule has 0 heterocycles. The van der Waals surface area contributed by atoms with Crippen LogP contribution in [0.25, 0.3) is 0 Å². The Hall–Kier alpha value is -0.160. The fraction of sp³-hybridized carbons (Fsp3) is 1.00. The molecule has 0 bridgehead atoms. The fourth-order valence-electron chi connectivity index (χ4n) is 2.68. The van der Waals surface area contributed by atoms with Crippen molar-refractivity contribution in [3.63, 3.8) is 0 Å². The van der Waals surface area contributed by atoms with E-state index in [1.54, 1.807) is 13.8 Å². The summed E-state index contributed by atoms with van der Waals surface area (Å²) in [4.78, 5) is 0. The Labute approximate surface area is 117 Å². The number of aliphatic hydroxyl groups is 4. The lowest BCUT2D eigenvalue weighted by Crippen LogP contribution is -2.26. The molecule has 1 saturated carbocycles. The van der Waals surface area contributed by atoms with Crippen molar-refractivity contribution in [2.24, 2.45) is 17.8 Å². The minimum absolute atomic E-state index is 0.0324. The molecule has 0 aromatic carbocycles. The van der Waals surface area contributed by atoms with Crippen LogP contribution in [0.1, 0.15) is 52.9 Å². The normalized spacial score (nSPS) is 27.9. The van der Waals surface area contributed by atoms with Crippen molar-refractivity contribution < 1.29 is 20.4 Å². The van der Waals surface area contributed by atoms with Crippen molar-refractivity contribution in [2.45, 2.75) is 65.1 Å². The molecule has 4 nitrogen and oxygen atoms in total. The SMILES string of the molecule is CCC(C(C)O)C(C)O.OCC1CCC(CO)CC1. The summed E-state index contributed by atoms with van der Waals surface area (Å²) in [5, 5.41) is 35.6. The number of rotatable bonds is 5. The Morgan fingerprint density at radius 3 is 1.26 bits per heavy atom. The molecule has 0 radical (unpaired) electrons. The average molecular weight is 276 g/mol. The minimum Gasteiger partial charge on any atom is -0.396 e. The molecule has 0 saturated heterocycles. The zero-order valence-electron chi connectivity index (χ0n) is 12.6. The second-order valence-corrected chi connectivity index (χ2v) is 5.81. The predicted molar refractivity (Wildman–Crippen MR) is 76.8 cm³/mol. The summed E-state index contributed by atoms with van der Waals surface area (Å²) >= 11 is 0. The van der Waals surface area contributed by atoms with Gasteiger partial charge in [-0.05, 0) is 57.8 Å². The molecule has 4 heteroatoms. The van der Waals surface area contributed by atoms with Gasteiger partial charge in [-0.25, -0.2) is 0 Å². The van der Waals surface area contributed by atoms with Gasteiger partial charge < -0.3 is 20.4 Å². The molecule has 1 aliphatic carbocycles. The van der Waals surface area contributed by atoms with E-state index in [4.69, 9.17) is 20.4 Å². The molecular weight excluding hydrogens is 244 g/mol. The van der Waals surface area contributed by atoms with Gasteiger partial charge in [0.05, 0.1) is 12.2 Å². The first-order valence-corrected chi connectivity index (χ1v) is 7.54. The molecule has 19 heavy (non-hydrogen) atoms. The standard InChI is InChI=1S/C8H16O2.C7H16O2/c9-5-7-1-2-8(6-10)4-3-7;1-4-7(5(2)8)6(3)9/h7-10H,1-6H2;5-9H,4H2,1-3H3. The summed E-state index contributed by atoms with van der Waals surface area (Å²) in [7, 11) is 0. The van der Waals surface area contributed by atoms with Gasteiger partial charge in [-0.3, -0.25) is 0 Å². The molecule has 0 aromatic heterocycles. The van der Waals surface area contributed by atoms with E-state index >= 15 is 0 Å². The zero-order chi connectivity index (χ0) is 14.8. The Morgan fingerprint density at radius 2 is 1.16 bits per heavy atom. The molecule has 0 aliphatic heterocycles. The second-order valence-electron chi connectivity index (χ2n) is 5.81. The Balaban J connectivity index is 0.000000344. The third kappa shape index (κ3) is 7.88. The Kier molecular flexibility index (Phi) is 10.5. The fourth-order valence-corrected chi connectivity index (χ4v) is 2.68. The van der Waals surface area contributed by atoms with Crippen molar-refractivity contribution >= 4 is 0 Å². The van der Waals surface area contributed by atoms with E-state index in [-0.39, 0.29) is 5.92 Å². The second kappa shape index (κ2) is 10.6. The van der Waals surface area contributed by atoms with Gasteiger partial charge in [0.15, 0.2) is 0 Å². The first kappa shape index (κ1) is 18.8. The maximum absolute atomic E-state index is 9.02. The number of hydrogen-bond acceptors (Lipinski definition) is 4. The summed E-state index contributed by atoms with van der Waals surface area (Å²) in [6.45, 7) is 6.04. The van der Waals surface area contributed by atoms with Gasteiger partial charge in [-0.1, -0.05) is 6.92 Å². The average Bonchev–Trinajstić information content (AvgIpc) is 2.39. The molecule has 0 amide bonds. The largest absolute Gasteiger partial charge is 0.396 e. The lowest BCUT2D eigenvalue weighted by Gasteiger charge is -2.25. The highest BCUT2D eigenvalue weighted by Gasteiger charge is 2.19. The van der Waals surface area contributed by atoms with Crippen LogP contribution < -0.4 is 0 Å². The lowest BCUT2D eigenvalue weighted by molar-refractivity contribution is 0.0299. The summed E-state index contributed by atoms with van der Waals surface area (Å²) in [5.74, 6) is 1.07. The predicted octanol–water partition coefficient (Wildman–Crippen LogP) is 1.55. The van der Waals surface area contributed by atoms with E-state index in [0.29, 0.717) is 25.0 Å². The molecule has 0 aromatic rings. The molecule has 2 atom stereocenters. The van der Waals surface area contributed by atoms with Crippen molar-refractivity contribution in [3.05, 3.63) is 0 Å². The van der Waals surface area contributed by atoms with E-state index in [1.165, 1.54) is 0 Å². The zero-order valence-corrected chi connectivity index (χ0v) is 12.6. The van der Waals surface area contributed by atoms with Crippen LogP contribution >= 0.6 is 0 Å². The molecule has 0 spiro atoms. The first-order valence-electron chi connectivity index (χ1n) is 7.54. The summed E-state index contributed by atoms with van der Waals surface area (Å²) < 4.78 is 0. The van der Waals surface area contributed by atoms with E-state index in [2.05, 4.69) is 0 Å². The van der Waals surface area contributed by atoms with Crippen molar-refractivity contribution in [1.82, 2.24) is 0 Å². The minimum atomic E-state index is -0.394. The van der Waals surface area contributed by atoms with Gasteiger partial charge in [0, 0.05) is 19.1 Å². The lowest BCUT2D eigenvalue weighted by atomic mass is 9.83. The van der Waals surface area contributed by atoms with Crippen LogP contribution in [-0.4, -0.2) is 45.8 Å². The summed E-state index contributed by atoms with van der Waals surface area (Å²) in [5.41, 5.74) is 0. The van der Waals surface area contributed by atoms with Crippen LogP contribution in [0, 0.1) is 17.8 Å². The van der Waals surface area contributed by atoms with Crippen LogP contribution in [0.15, 0.2) is 0 Å². The topological polar surface area (TPSA) is 80.9 Å². The first-order chi connectivity index (χ1) is 8.96. The van der Waals surface area contributed by atoms with E-state index in [1.807, 2.05) is 6.92 Å². The summed E-state index contributed by atoms with van der Waals surface area (Å²) in [6.07, 6.45) is 4.44. The monoisotopic (exact) mass is 276 g/mol. The van der Waals surface area contributed by atoms with Crippen molar-refractivity contribution in [3.8, 4) is 0 Å².